The molecule has 19 heavy (non-hydrogen) atoms. The van der Waals surface area contributed by atoms with Crippen LogP contribution in [0.1, 0.15) is 39.5 Å². The number of nitrogens with one attached hydrogen (secondary N) is 1. The van der Waals surface area contributed by atoms with E-state index in [4.69, 9.17) is 9.15 Å². The second-order valence-corrected chi connectivity index (χ2v) is 6.48. The van der Waals surface area contributed by atoms with E-state index in [0.717, 1.165) is 11.5 Å². The summed E-state index contributed by atoms with van der Waals surface area (Å²) in [5.74, 6) is 1.95. The van der Waals surface area contributed by atoms with Gasteiger partial charge < -0.3 is 14.5 Å². The Morgan fingerprint density at radius 1 is 1.53 bits per heavy atom. The van der Waals surface area contributed by atoms with Crippen molar-refractivity contribution in [2.75, 3.05) is 12.0 Å². The van der Waals surface area contributed by atoms with E-state index < -0.39 is 11.7 Å². The predicted octanol–water partition coefficient (Wildman–Crippen LogP) is 3.84. The molecule has 1 aromatic rings. The molecule has 0 aromatic carbocycles. The molecule has 2 atom stereocenters. The highest BCUT2D eigenvalue weighted by Gasteiger charge is 2.26. The summed E-state index contributed by atoms with van der Waals surface area (Å²) in [5, 5.41) is 2.89. The van der Waals surface area contributed by atoms with Gasteiger partial charge in [-0.3, -0.25) is 0 Å². The van der Waals surface area contributed by atoms with E-state index >= 15 is 0 Å². The first-order chi connectivity index (χ1) is 8.83. The number of hydrogen-bond donors (Lipinski definition) is 1. The highest BCUT2D eigenvalue weighted by Crippen LogP contribution is 2.25. The van der Waals surface area contributed by atoms with Crippen molar-refractivity contribution in [1.82, 2.24) is 5.32 Å². The van der Waals surface area contributed by atoms with Gasteiger partial charge in [0.15, 0.2) is 0 Å². The lowest BCUT2D eigenvalue weighted by Crippen LogP contribution is -2.37. The van der Waals surface area contributed by atoms with Crippen LogP contribution in [0.4, 0.5) is 4.79 Å². The number of ether oxygens (including phenoxy) is 1. The van der Waals surface area contributed by atoms with E-state index in [9.17, 15) is 4.79 Å². The zero-order chi connectivity index (χ0) is 14.5. The molecule has 1 aromatic heterocycles. The van der Waals surface area contributed by atoms with Gasteiger partial charge >= 0.3 is 6.09 Å². The Morgan fingerprint density at radius 2 is 2.21 bits per heavy atom. The molecule has 0 radical (unpaired) electrons. The molecule has 0 fully saturated rings. The molecule has 0 bridgehead atoms. The molecule has 0 spiro atoms. The summed E-state index contributed by atoms with van der Waals surface area (Å²) in [6.07, 6.45) is 3.25. The maximum Gasteiger partial charge on any atom is 0.408 e. The van der Waals surface area contributed by atoms with Crippen LogP contribution in [0.15, 0.2) is 22.8 Å². The molecule has 1 N–H and O–H groups in total. The van der Waals surface area contributed by atoms with Crippen LogP contribution in [0.2, 0.25) is 0 Å². The van der Waals surface area contributed by atoms with E-state index in [1.54, 1.807) is 18.0 Å². The van der Waals surface area contributed by atoms with Gasteiger partial charge in [-0.1, -0.05) is 6.92 Å². The monoisotopic (exact) mass is 285 g/mol. The molecule has 5 heteroatoms. The molecule has 0 saturated carbocycles. The van der Waals surface area contributed by atoms with Crippen molar-refractivity contribution >= 4 is 17.9 Å². The standard InChI is InChI=1S/C14H23NO3S/c1-10(9-19-5)12(11-7-6-8-17-11)15-13(16)18-14(2,3)4/h6-8,10,12H,9H2,1-5H3,(H,15,16). The highest BCUT2D eigenvalue weighted by atomic mass is 32.2. The minimum atomic E-state index is -0.499. The average molecular weight is 285 g/mol. The summed E-state index contributed by atoms with van der Waals surface area (Å²) < 4.78 is 10.7. The van der Waals surface area contributed by atoms with Crippen LogP contribution in [-0.4, -0.2) is 23.7 Å². The molecule has 1 amide bonds. The van der Waals surface area contributed by atoms with Crippen molar-refractivity contribution in [2.24, 2.45) is 5.92 Å². The van der Waals surface area contributed by atoms with Gasteiger partial charge in [0.1, 0.15) is 11.4 Å². The predicted molar refractivity (Wildman–Crippen MR) is 78.4 cm³/mol. The molecular weight excluding hydrogens is 262 g/mol. The maximum absolute atomic E-state index is 11.9. The second-order valence-electron chi connectivity index (χ2n) is 5.57. The summed E-state index contributed by atoms with van der Waals surface area (Å²) in [5.41, 5.74) is -0.499. The number of furan rings is 1. The van der Waals surface area contributed by atoms with Crippen molar-refractivity contribution < 1.29 is 13.9 Å². The third-order valence-electron chi connectivity index (χ3n) is 2.52. The van der Waals surface area contributed by atoms with Crippen LogP contribution in [0.25, 0.3) is 0 Å². The van der Waals surface area contributed by atoms with Gasteiger partial charge in [0.2, 0.25) is 0 Å². The lowest BCUT2D eigenvalue weighted by atomic mass is 10.0. The van der Waals surface area contributed by atoms with Crippen LogP contribution < -0.4 is 5.32 Å². The van der Waals surface area contributed by atoms with E-state index in [1.807, 2.05) is 39.2 Å². The van der Waals surface area contributed by atoms with E-state index in [-0.39, 0.29) is 12.0 Å². The molecule has 1 rings (SSSR count). The minimum Gasteiger partial charge on any atom is -0.467 e. The number of thioether (sulfide) groups is 1. The first-order valence-corrected chi connectivity index (χ1v) is 7.74. The largest absolute Gasteiger partial charge is 0.467 e. The Morgan fingerprint density at radius 3 is 2.68 bits per heavy atom. The number of rotatable bonds is 5. The Kier molecular flexibility index (Phi) is 5.79. The molecule has 0 aliphatic heterocycles. The van der Waals surface area contributed by atoms with Gasteiger partial charge in [-0.15, -0.1) is 0 Å². The van der Waals surface area contributed by atoms with Crippen LogP contribution in [-0.2, 0) is 4.74 Å². The van der Waals surface area contributed by atoms with Crippen molar-refractivity contribution in [2.45, 2.75) is 39.3 Å². The Bertz CT molecular complexity index is 384. The summed E-state index contributed by atoms with van der Waals surface area (Å²) >= 11 is 1.74. The van der Waals surface area contributed by atoms with Gasteiger partial charge in [-0.25, -0.2) is 4.79 Å². The zero-order valence-electron chi connectivity index (χ0n) is 12.2. The van der Waals surface area contributed by atoms with E-state index in [0.29, 0.717) is 0 Å². The van der Waals surface area contributed by atoms with Crippen molar-refractivity contribution in [1.29, 1.82) is 0 Å². The zero-order valence-corrected chi connectivity index (χ0v) is 13.0. The molecule has 4 nitrogen and oxygen atoms in total. The van der Waals surface area contributed by atoms with Crippen LogP contribution in [0, 0.1) is 5.92 Å². The Labute approximate surface area is 119 Å². The number of alkyl carbamates (subject to hydrolysis) is 1. The van der Waals surface area contributed by atoms with Gasteiger partial charge in [-0.2, -0.15) is 11.8 Å². The Hall–Kier alpha value is -1.10. The molecule has 0 aliphatic rings. The van der Waals surface area contributed by atoms with Crippen molar-refractivity contribution in [3.8, 4) is 0 Å². The average Bonchev–Trinajstić information content (AvgIpc) is 2.76. The Balaban J connectivity index is 2.73. The first-order valence-electron chi connectivity index (χ1n) is 6.35. The quantitative estimate of drug-likeness (QED) is 0.893. The van der Waals surface area contributed by atoms with Crippen LogP contribution in [0.5, 0.6) is 0 Å². The normalized spacial score (nSPS) is 14.8. The summed E-state index contributed by atoms with van der Waals surface area (Å²) in [4.78, 5) is 11.9. The van der Waals surface area contributed by atoms with Gasteiger partial charge in [0.05, 0.1) is 12.3 Å². The summed E-state index contributed by atoms with van der Waals surface area (Å²) in [7, 11) is 0. The number of carbonyl (C=O) groups is 1. The van der Waals surface area contributed by atoms with Crippen molar-refractivity contribution in [3.63, 3.8) is 0 Å². The molecule has 1 heterocycles. The molecule has 0 saturated heterocycles. The SMILES string of the molecule is CSCC(C)C(NC(=O)OC(C)(C)C)c1ccco1. The molecule has 0 aliphatic carbocycles. The first kappa shape index (κ1) is 16.0. The summed E-state index contributed by atoms with van der Waals surface area (Å²) in [6, 6.07) is 3.53. The van der Waals surface area contributed by atoms with E-state index in [1.165, 1.54) is 0 Å². The number of amides is 1. The van der Waals surface area contributed by atoms with Gasteiger partial charge in [0.25, 0.3) is 0 Å². The lowest BCUT2D eigenvalue weighted by molar-refractivity contribution is 0.0482. The third kappa shape index (κ3) is 5.59. The van der Waals surface area contributed by atoms with Crippen molar-refractivity contribution in [3.05, 3.63) is 24.2 Å². The van der Waals surface area contributed by atoms with Gasteiger partial charge in [0, 0.05) is 0 Å². The van der Waals surface area contributed by atoms with E-state index in [2.05, 4.69) is 12.2 Å². The minimum absolute atomic E-state index is 0.169. The lowest BCUT2D eigenvalue weighted by Gasteiger charge is -2.25. The topological polar surface area (TPSA) is 51.5 Å². The molecule has 2 unspecified atom stereocenters. The maximum atomic E-state index is 11.9. The molecule has 108 valence electrons. The van der Waals surface area contributed by atoms with Gasteiger partial charge in [-0.05, 0) is 50.8 Å². The number of carbonyl (C=O) groups excluding carboxylic acids is 1. The third-order valence-corrected chi connectivity index (χ3v) is 3.38. The molecular formula is C14H23NO3S. The fraction of sp³-hybridized carbons (Fsp3) is 0.643. The van der Waals surface area contributed by atoms with Crippen LogP contribution >= 0.6 is 11.8 Å². The number of hydrogen-bond acceptors (Lipinski definition) is 4. The highest BCUT2D eigenvalue weighted by molar-refractivity contribution is 7.98. The second kappa shape index (κ2) is 6.89. The smallest absolute Gasteiger partial charge is 0.408 e. The summed E-state index contributed by atoms with van der Waals surface area (Å²) in [6.45, 7) is 7.63. The fourth-order valence-electron chi connectivity index (χ4n) is 1.76. The fourth-order valence-corrected chi connectivity index (χ4v) is 2.47. The van der Waals surface area contributed by atoms with Crippen LogP contribution in [0.3, 0.4) is 0 Å².